The molecule has 7 nitrogen and oxygen atoms in total. The Labute approximate surface area is 174 Å². The molecule has 2 N–H and O–H groups in total. The molecule has 4 saturated carbocycles. The summed E-state index contributed by atoms with van der Waals surface area (Å²) in [5.41, 5.74) is 0.133. The summed E-state index contributed by atoms with van der Waals surface area (Å²) in [5.74, 6) is 1.43. The van der Waals surface area contributed by atoms with E-state index >= 15 is 0 Å². The van der Waals surface area contributed by atoms with Crippen molar-refractivity contribution in [1.29, 1.82) is 0 Å². The number of esters is 1. The number of nitrogens with zero attached hydrogens (tertiary/aromatic N) is 1. The molecule has 5 rings (SSSR count). The van der Waals surface area contributed by atoms with Crippen LogP contribution in [0, 0.1) is 23.2 Å². The molecule has 2 amide bonds. The number of halogens is 1. The largest absolute Gasteiger partial charge is 0.454 e. The van der Waals surface area contributed by atoms with E-state index < -0.39 is 18.5 Å². The maximum absolute atomic E-state index is 12.4. The number of anilines is 1. The van der Waals surface area contributed by atoms with Crippen LogP contribution in [0.2, 0.25) is 5.02 Å². The summed E-state index contributed by atoms with van der Waals surface area (Å²) >= 11 is 5.73. The predicted molar refractivity (Wildman–Crippen MR) is 107 cm³/mol. The number of amides is 2. The molecular formula is C21H26ClN3O4. The van der Waals surface area contributed by atoms with Crippen LogP contribution in [0.5, 0.6) is 0 Å². The van der Waals surface area contributed by atoms with E-state index in [-0.39, 0.29) is 17.9 Å². The fourth-order valence-electron chi connectivity index (χ4n) is 5.91. The molecule has 4 bridgehead atoms. The molecular weight excluding hydrogens is 394 g/mol. The normalized spacial score (nSPS) is 29.3. The number of carbonyl (C=O) groups excluding carboxylic acids is 3. The number of pyridine rings is 1. The van der Waals surface area contributed by atoms with Gasteiger partial charge in [0, 0.05) is 12.6 Å². The van der Waals surface area contributed by atoms with Crippen molar-refractivity contribution in [1.82, 2.24) is 10.3 Å². The second kappa shape index (κ2) is 8.30. The molecule has 0 aliphatic heterocycles. The Hall–Kier alpha value is -2.15. The molecule has 0 radical (unpaired) electrons. The first-order valence-electron chi connectivity index (χ1n) is 10.2. The van der Waals surface area contributed by atoms with Gasteiger partial charge in [-0.15, -0.1) is 0 Å². The fraction of sp³-hybridized carbons (Fsp3) is 0.619. The maximum atomic E-state index is 12.4. The average Bonchev–Trinajstić information content (AvgIpc) is 2.65. The van der Waals surface area contributed by atoms with E-state index in [0.29, 0.717) is 17.3 Å². The monoisotopic (exact) mass is 419 g/mol. The van der Waals surface area contributed by atoms with Gasteiger partial charge in [-0.3, -0.25) is 14.4 Å². The van der Waals surface area contributed by atoms with E-state index in [1.54, 1.807) is 12.1 Å². The van der Waals surface area contributed by atoms with Gasteiger partial charge >= 0.3 is 5.97 Å². The molecule has 4 fully saturated rings. The van der Waals surface area contributed by atoms with Gasteiger partial charge in [0.25, 0.3) is 5.91 Å². The van der Waals surface area contributed by atoms with Crippen LogP contribution in [0.1, 0.15) is 44.9 Å². The quantitative estimate of drug-likeness (QED) is 0.662. The summed E-state index contributed by atoms with van der Waals surface area (Å²) in [4.78, 5) is 40.0. The summed E-state index contributed by atoms with van der Waals surface area (Å²) in [6.07, 6.45) is 9.35. The molecule has 0 spiro atoms. The lowest BCUT2D eigenvalue weighted by Crippen LogP contribution is -2.48. The van der Waals surface area contributed by atoms with Gasteiger partial charge in [-0.25, -0.2) is 4.98 Å². The first kappa shape index (κ1) is 20.1. The minimum absolute atomic E-state index is 0.0984. The maximum Gasteiger partial charge on any atom is 0.325 e. The molecule has 156 valence electrons. The topological polar surface area (TPSA) is 97.4 Å². The molecule has 0 aromatic carbocycles. The average molecular weight is 420 g/mol. The Morgan fingerprint density at radius 1 is 1.07 bits per heavy atom. The first-order chi connectivity index (χ1) is 13.9. The molecule has 0 atom stereocenters. The molecule has 1 aromatic rings. The number of hydrogen-bond donors (Lipinski definition) is 2. The van der Waals surface area contributed by atoms with Crippen LogP contribution in [0.25, 0.3) is 0 Å². The van der Waals surface area contributed by atoms with Crippen molar-refractivity contribution in [2.45, 2.75) is 44.9 Å². The van der Waals surface area contributed by atoms with Crippen molar-refractivity contribution < 1.29 is 19.1 Å². The van der Waals surface area contributed by atoms with E-state index in [2.05, 4.69) is 15.6 Å². The molecule has 4 aliphatic rings. The third-order valence-electron chi connectivity index (χ3n) is 6.49. The SMILES string of the molecule is O=C(CC12CC3CC(CC(C3)C1)C2)NCC(=O)OCC(=O)Nc1ccc(Cl)cn1. The third-order valence-corrected chi connectivity index (χ3v) is 6.71. The Bertz CT molecular complexity index is 760. The summed E-state index contributed by atoms with van der Waals surface area (Å²) in [6.45, 7) is -0.661. The first-order valence-corrected chi connectivity index (χ1v) is 10.6. The van der Waals surface area contributed by atoms with Crippen molar-refractivity contribution >= 4 is 35.2 Å². The molecule has 1 aromatic heterocycles. The summed E-state index contributed by atoms with van der Waals surface area (Å²) in [7, 11) is 0. The zero-order chi connectivity index (χ0) is 20.4. The number of aromatic nitrogens is 1. The Morgan fingerprint density at radius 2 is 1.72 bits per heavy atom. The van der Waals surface area contributed by atoms with Gasteiger partial charge in [-0.1, -0.05) is 11.6 Å². The summed E-state index contributed by atoms with van der Waals surface area (Å²) < 4.78 is 4.92. The minimum Gasteiger partial charge on any atom is -0.454 e. The van der Waals surface area contributed by atoms with Crippen LogP contribution in [0.4, 0.5) is 5.82 Å². The Balaban J connectivity index is 1.16. The number of hydrogen-bond acceptors (Lipinski definition) is 5. The minimum atomic E-state index is -0.636. The predicted octanol–water partition coefficient (Wildman–Crippen LogP) is 2.94. The molecule has 1 heterocycles. The van der Waals surface area contributed by atoms with E-state index in [0.717, 1.165) is 37.0 Å². The second-order valence-corrected chi connectivity index (χ2v) is 9.38. The van der Waals surface area contributed by atoms with Crippen LogP contribution in [-0.2, 0) is 19.1 Å². The highest BCUT2D eigenvalue weighted by molar-refractivity contribution is 6.30. The molecule has 4 aliphatic carbocycles. The van der Waals surface area contributed by atoms with E-state index in [1.165, 1.54) is 25.5 Å². The standard InChI is InChI=1S/C21H26ClN3O4/c22-16-1-2-17(23-10-16)25-19(27)12-29-20(28)11-24-18(26)9-21-6-13-3-14(7-21)5-15(4-13)8-21/h1-2,10,13-15H,3-9,11-12H2,(H,24,26)(H,23,25,27). The van der Waals surface area contributed by atoms with Crippen LogP contribution in [0.15, 0.2) is 18.3 Å². The van der Waals surface area contributed by atoms with Gasteiger partial charge in [-0.2, -0.15) is 0 Å². The van der Waals surface area contributed by atoms with E-state index in [1.807, 2.05) is 0 Å². The lowest BCUT2D eigenvalue weighted by atomic mass is 9.49. The summed E-state index contributed by atoms with van der Waals surface area (Å²) in [5, 5.41) is 5.62. The van der Waals surface area contributed by atoms with Crippen LogP contribution >= 0.6 is 11.6 Å². The number of ether oxygens (including phenoxy) is 1. The summed E-state index contributed by atoms with van der Waals surface area (Å²) in [6, 6.07) is 3.14. The van der Waals surface area contributed by atoms with Crippen molar-refractivity contribution in [3.8, 4) is 0 Å². The van der Waals surface area contributed by atoms with E-state index in [9.17, 15) is 14.4 Å². The Morgan fingerprint density at radius 3 is 2.31 bits per heavy atom. The van der Waals surface area contributed by atoms with Gasteiger partial charge in [0.15, 0.2) is 6.61 Å². The van der Waals surface area contributed by atoms with Crippen LogP contribution in [-0.4, -0.2) is 35.9 Å². The molecule has 8 heteroatoms. The van der Waals surface area contributed by atoms with E-state index in [4.69, 9.17) is 16.3 Å². The number of nitrogens with one attached hydrogen (secondary N) is 2. The smallest absolute Gasteiger partial charge is 0.325 e. The van der Waals surface area contributed by atoms with Gasteiger partial charge in [0.2, 0.25) is 5.91 Å². The Kier molecular flexibility index (Phi) is 5.76. The van der Waals surface area contributed by atoms with Crippen molar-refractivity contribution in [3.05, 3.63) is 23.4 Å². The number of carbonyl (C=O) groups is 3. The van der Waals surface area contributed by atoms with Crippen molar-refractivity contribution in [2.24, 2.45) is 23.2 Å². The van der Waals surface area contributed by atoms with Gasteiger partial charge in [0.1, 0.15) is 12.4 Å². The van der Waals surface area contributed by atoms with Crippen molar-refractivity contribution in [2.75, 3.05) is 18.5 Å². The molecule has 29 heavy (non-hydrogen) atoms. The lowest BCUT2D eigenvalue weighted by Gasteiger charge is -2.56. The highest BCUT2D eigenvalue weighted by Gasteiger charge is 2.51. The number of rotatable bonds is 7. The zero-order valence-electron chi connectivity index (χ0n) is 16.3. The zero-order valence-corrected chi connectivity index (χ0v) is 17.0. The van der Waals surface area contributed by atoms with Crippen molar-refractivity contribution in [3.63, 3.8) is 0 Å². The van der Waals surface area contributed by atoms with Gasteiger partial charge in [0.05, 0.1) is 5.02 Å². The van der Waals surface area contributed by atoms with Crippen LogP contribution < -0.4 is 10.6 Å². The second-order valence-electron chi connectivity index (χ2n) is 8.94. The molecule has 0 unspecified atom stereocenters. The fourth-order valence-corrected chi connectivity index (χ4v) is 6.02. The van der Waals surface area contributed by atoms with Gasteiger partial charge < -0.3 is 15.4 Å². The third kappa shape index (κ3) is 5.07. The van der Waals surface area contributed by atoms with Crippen LogP contribution in [0.3, 0.4) is 0 Å². The highest BCUT2D eigenvalue weighted by Crippen LogP contribution is 2.61. The highest BCUT2D eigenvalue weighted by atomic mass is 35.5. The lowest BCUT2D eigenvalue weighted by molar-refractivity contribution is -0.147. The molecule has 0 saturated heterocycles. The van der Waals surface area contributed by atoms with Gasteiger partial charge in [-0.05, 0) is 73.8 Å².